The largest absolute Gasteiger partial charge is 0.309 e. The molecule has 0 saturated carbocycles. The first-order valence-corrected chi connectivity index (χ1v) is 9.73. The molecule has 0 atom stereocenters. The summed E-state index contributed by atoms with van der Waals surface area (Å²) in [6.45, 7) is 11.4. The van der Waals surface area contributed by atoms with Gasteiger partial charge in [-0.25, -0.2) is 4.39 Å². The maximum absolute atomic E-state index is 14.0. The first-order valence-electron chi connectivity index (χ1n) is 9.73. The van der Waals surface area contributed by atoms with Crippen LogP contribution in [0.4, 0.5) is 10.1 Å². The van der Waals surface area contributed by atoms with Gasteiger partial charge in [-0.3, -0.25) is 4.79 Å². The highest BCUT2D eigenvalue weighted by molar-refractivity contribution is 5.94. The van der Waals surface area contributed by atoms with Gasteiger partial charge in [-0.1, -0.05) is 26.8 Å². The predicted molar refractivity (Wildman–Crippen MR) is 102 cm³/mol. The van der Waals surface area contributed by atoms with Gasteiger partial charge in [0.05, 0.1) is 0 Å². The summed E-state index contributed by atoms with van der Waals surface area (Å²) in [5, 5.41) is 0. The Hall–Kier alpha value is -1.42. The molecule has 0 aromatic heterocycles. The van der Waals surface area contributed by atoms with E-state index in [1.165, 1.54) is 12.5 Å². The maximum atomic E-state index is 14.0. The minimum Gasteiger partial charge on any atom is -0.309 e. The van der Waals surface area contributed by atoms with Crippen molar-refractivity contribution in [2.75, 3.05) is 24.5 Å². The van der Waals surface area contributed by atoms with Crippen molar-refractivity contribution in [1.29, 1.82) is 0 Å². The molecule has 1 aromatic rings. The fourth-order valence-electron chi connectivity index (χ4n) is 3.47. The Morgan fingerprint density at radius 2 is 2.00 bits per heavy atom. The summed E-state index contributed by atoms with van der Waals surface area (Å²) >= 11 is 0. The van der Waals surface area contributed by atoms with Gasteiger partial charge >= 0.3 is 0 Å². The third-order valence-corrected chi connectivity index (χ3v) is 5.11. The van der Waals surface area contributed by atoms with Crippen LogP contribution in [0.1, 0.15) is 58.4 Å². The van der Waals surface area contributed by atoms with Crippen LogP contribution in [0, 0.1) is 18.7 Å². The Balaban J connectivity index is 2.09. The quantitative estimate of drug-likeness (QED) is 0.708. The van der Waals surface area contributed by atoms with Crippen LogP contribution in [0.3, 0.4) is 0 Å². The summed E-state index contributed by atoms with van der Waals surface area (Å²) < 4.78 is 14.0. The van der Waals surface area contributed by atoms with Crippen molar-refractivity contribution >= 4 is 11.6 Å². The molecule has 1 aromatic carbocycles. The van der Waals surface area contributed by atoms with Gasteiger partial charge in [-0.05, 0) is 62.8 Å². The molecule has 2 rings (SSSR count). The molecule has 0 aliphatic carbocycles. The van der Waals surface area contributed by atoms with E-state index >= 15 is 0 Å². The molecule has 0 bridgehead atoms. The standard InChI is InChI=1S/C21H33FN2O/c1-5-6-21(25)24(19-8-7-17(4)20(22)15-19)18-10-13-23(14-11-18)12-9-16(2)3/h7-8,15-16,18H,5-6,9-14H2,1-4H3. The summed E-state index contributed by atoms with van der Waals surface area (Å²) in [4.78, 5) is 17.1. The van der Waals surface area contributed by atoms with Crippen LogP contribution >= 0.6 is 0 Å². The van der Waals surface area contributed by atoms with Crippen molar-refractivity contribution < 1.29 is 9.18 Å². The molecule has 0 spiro atoms. The lowest BCUT2D eigenvalue weighted by atomic mass is 10.00. The van der Waals surface area contributed by atoms with Gasteiger partial charge in [0.1, 0.15) is 5.82 Å². The van der Waals surface area contributed by atoms with E-state index < -0.39 is 0 Å². The van der Waals surface area contributed by atoms with Gasteiger partial charge in [-0.15, -0.1) is 0 Å². The number of halogens is 1. The van der Waals surface area contributed by atoms with Crippen molar-refractivity contribution in [3.8, 4) is 0 Å². The number of likely N-dealkylation sites (tertiary alicyclic amines) is 1. The molecule has 1 amide bonds. The molecule has 1 heterocycles. The maximum Gasteiger partial charge on any atom is 0.227 e. The van der Waals surface area contributed by atoms with E-state index in [1.807, 2.05) is 17.9 Å². The number of nitrogens with zero attached hydrogens (tertiary/aromatic N) is 2. The van der Waals surface area contributed by atoms with Crippen molar-refractivity contribution in [2.24, 2.45) is 5.92 Å². The molecule has 1 saturated heterocycles. The molecule has 25 heavy (non-hydrogen) atoms. The average molecular weight is 349 g/mol. The fraction of sp³-hybridized carbons (Fsp3) is 0.667. The summed E-state index contributed by atoms with van der Waals surface area (Å²) in [6.07, 6.45) is 4.47. The molecule has 4 heteroatoms. The van der Waals surface area contributed by atoms with E-state index in [1.54, 1.807) is 13.0 Å². The molecular formula is C21H33FN2O. The van der Waals surface area contributed by atoms with Gasteiger partial charge in [0.15, 0.2) is 0 Å². The van der Waals surface area contributed by atoms with Crippen LogP contribution in [0.5, 0.6) is 0 Å². The number of amides is 1. The summed E-state index contributed by atoms with van der Waals surface area (Å²) in [5.41, 5.74) is 1.33. The second-order valence-corrected chi connectivity index (χ2v) is 7.70. The molecular weight excluding hydrogens is 315 g/mol. The SMILES string of the molecule is CCCC(=O)N(c1ccc(C)c(F)c1)C1CCN(CCC(C)C)CC1. The van der Waals surface area contributed by atoms with Crippen molar-refractivity contribution in [2.45, 2.75) is 65.8 Å². The zero-order chi connectivity index (χ0) is 18.4. The number of benzene rings is 1. The Labute approximate surface area is 152 Å². The summed E-state index contributed by atoms with van der Waals surface area (Å²) in [7, 11) is 0. The lowest BCUT2D eigenvalue weighted by molar-refractivity contribution is -0.119. The van der Waals surface area contributed by atoms with E-state index in [2.05, 4.69) is 18.7 Å². The second-order valence-electron chi connectivity index (χ2n) is 7.70. The number of hydrogen-bond donors (Lipinski definition) is 0. The molecule has 0 N–H and O–H groups in total. The van der Waals surface area contributed by atoms with E-state index in [-0.39, 0.29) is 17.8 Å². The van der Waals surface area contributed by atoms with Crippen molar-refractivity contribution in [3.63, 3.8) is 0 Å². The van der Waals surface area contributed by atoms with E-state index in [4.69, 9.17) is 0 Å². The highest BCUT2D eigenvalue weighted by atomic mass is 19.1. The van der Waals surface area contributed by atoms with Crippen LogP contribution < -0.4 is 4.90 Å². The Morgan fingerprint density at radius 1 is 1.32 bits per heavy atom. The minimum absolute atomic E-state index is 0.117. The molecule has 140 valence electrons. The molecule has 0 unspecified atom stereocenters. The molecule has 1 fully saturated rings. The smallest absolute Gasteiger partial charge is 0.227 e. The van der Waals surface area contributed by atoms with Gasteiger partial charge < -0.3 is 9.80 Å². The number of carbonyl (C=O) groups is 1. The third-order valence-electron chi connectivity index (χ3n) is 5.11. The summed E-state index contributed by atoms with van der Waals surface area (Å²) in [6, 6.07) is 5.36. The molecule has 3 nitrogen and oxygen atoms in total. The van der Waals surface area contributed by atoms with Gasteiger partial charge in [0, 0.05) is 31.2 Å². The highest BCUT2D eigenvalue weighted by Gasteiger charge is 2.29. The Bertz CT molecular complexity index is 565. The number of aryl methyl sites for hydroxylation is 1. The lowest BCUT2D eigenvalue weighted by Gasteiger charge is -2.39. The highest BCUT2D eigenvalue weighted by Crippen LogP contribution is 2.27. The van der Waals surface area contributed by atoms with Crippen molar-refractivity contribution in [1.82, 2.24) is 4.90 Å². The second kappa shape index (κ2) is 9.33. The first kappa shape index (κ1) is 19.9. The number of piperidine rings is 1. The number of carbonyl (C=O) groups excluding carboxylic acids is 1. The normalized spacial score (nSPS) is 16.4. The Kier molecular flexibility index (Phi) is 7.42. The lowest BCUT2D eigenvalue weighted by Crippen LogP contribution is -2.48. The number of rotatable bonds is 7. The minimum atomic E-state index is -0.235. The fourth-order valence-corrected chi connectivity index (χ4v) is 3.47. The van der Waals surface area contributed by atoms with E-state index in [9.17, 15) is 9.18 Å². The van der Waals surface area contributed by atoms with Gasteiger partial charge in [0.25, 0.3) is 0 Å². The van der Waals surface area contributed by atoms with E-state index in [0.29, 0.717) is 17.7 Å². The van der Waals surface area contributed by atoms with Crippen LogP contribution in [-0.4, -0.2) is 36.5 Å². The van der Waals surface area contributed by atoms with Crippen LogP contribution in [0.15, 0.2) is 18.2 Å². The average Bonchev–Trinajstić information content (AvgIpc) is 2.58. The van der Waals surface area contributed by atoms with E-state index in [0.717, 1.165) is 44.8 Å². The first-order chi connectivity index (χ1) is 11.9. The molecule has 1 aliphatic heterocycles. The zero-order valence-electron chi connectivity index (χ0n) is 16.2. The van der Waals surface area contributed by atoms with Crippen LogP contribution in [-0.2, 0) is 4.79 Å². The van der Waals surface area contributed by atoms with Gasteiger partial charge in [0.2, 0.25) is 5.91 Å². The predicted octanol–water partition coefficient (Wildman–Crippen LogP) is 4.78. The number of anilines is 1. The zero-order valence-corrected chi connectivity index (χ0v) is 16.2. The summed E-state index contributed by atoms with van der Waals surface area (Å²) in [5.74, 6) is 0.600. The van der Waals surface area contributed by atoms with Crippen LogP contribution in [0.2, 0.25) is 0 Å². The van der Waals surface area contributed by atoms with Gasteiger partial charge in [-0.2, -0.15) is 0 Å². The van der Waals surface area contributed by atoms with Crippen LogP contribution in [0.25, 0.3) is 0 Å². The Morgan fingerprint density at radius 3 is 2.56 bits per heavy atom. The van der Waals surface area contributed by atoms with Crippen molar-refractivity contribution in [3.05, 3.63) is 29.6 Å². The molecule has 0 radical (unpaired) electrons. The third kappa shape index (κ3) is 5.53. The molecule has 1 aliphatic rings. The topological polar surface area (TPSA) is 23.6 Å². The number of hydrogen-bond acceptors (Lipinski definition) is 2. The monoisotopic (exact) mass is 348 g/mol.